The highest BCUT2D eigenvalue weighted by Crippen LogP contribution is 2.36. The molecule has 71 heavy (non-hydrogen) atoms. The quantitative estimate of drug-likeness (QED) is 0.0436. The van der Waals surface area contributed by atoms with Gasteiger partial charge in [-0.3, -0.25) is 33.7 Å². The van der Waals surface area contributed by atoms with Crippen LogP contribution >= 0.6 is 0 Å². The van der Waals surface area contributed by atoms with Crippen LogP contribution in [0.15, 0.2) is 48.7 Å². The van der Waals surface area contributed by atoms with Crippen LogP contribution < -0.4 is 5.32 Å². The Kier molecular flexibility index (Phi) is 15.3. The Morgan fingerprint density at radius 2 is 1.73 bits per heavy atom. The van der Waals surface area contributed by atoms with Crippen molar-refractivity contribution in [1.29, 1.82) is 0 Å². The fourth-order valence-electron chi connectivity index (χ4n) is 9.72. The molecule has 15 nitrogen and oxygen atoms in total. The molecule has 1 unspecified atom stereocenters. The first-order valence-electron chi connectivity index (χ1n) is 25.0. The van der Waals surface area contributed by atoms with Crippen LogP contribution in [0.2, 0.25) is 25.7 Å². The Balaban J connectivity index is 0.818. The first kappa shape index (κ1) is 51.1. The Bertz CT molecular complexity index is 2940. The largest absolute Gasteiger partial charge is 0.443 e. The third-order valence-electron chi connectivity index (χ3n) is 13.6. The summed E-state index contributed by atoms with van der Waals surface area (Å²) in [6.45, 7) is 16.3. The van der Waals surface area contributed by atoms with Crippen LogP contribution in [0.25, 0.3) is 21.8 Å². The number of rotatable bonds is 16. The number of carbonyl (C=O) groups is 5. The molecular weight excluding hydrogens is 920 g/mol. The summed E-state index contributed by atoms with van der Waals surface area (Å²) in [7, 11) is 0.708. The van der Waals surface area contributed by atoms with Gasteiger partial charge < -0.3 is 19.7 Å². The van der Waals surface area contributed by atoms with E-state index in [4.69, 9.17) is 14.6 Å². The van der Waals surface area contributed by atoms with E-state index in [1.807, 2.05) is 50.6 Å². The van der Waals surface area contributed by atoms with Crippen molar-refractivity contribution in [2.24, 2.45) is 0 Å². The van der Waals surface area contributed by atoms with E-state index in [0.717, 1.165) is 90.1 Å². The second kappa shape index (κ2) is 21.2. The van der Waals surface area contributed by atoms with Gasteiger partial charge in [-0.25, -0.2) is 18.7 Å². The van der Waals surface area contributed by atoms with E-state index >= 15 is 4.39 Å². The number of aryl methyl sites for hydroxylation is 2. The van der Waals surface area contributed by atoms with Crippen LogP contribution in [-0.4, -0.2) is 110 Å². The minimum Gasteiger partial charge on any atom is -0.443 e. The van der Waals surface area contributed by atoms with Crippen LogP contribution in [0.4, 0.5) is 15.0 Å². The molecule has 17 heteroatoms. The van der Waals surface area contributed by atoms with Crippen LogP contribution in [0.5, 0.6) is 0 Å². The number of nitrogens with zero attached hydrogens (tertiary/aromatic N) is 7. The summed E-state index contributed by atoms with van der Waals surface area (Å²) in [5, 5.41) is 9.51. The maximum atomic E-state index is 15.3. The number of carbonyl (C=O) groups excluding carboxylic acids is 5. The second-order valence-corrected chi connectivity index (χ2v) is 27.1. The summed E-state index contributed by atoms with van der Waals surface area (Å²) in [4.78, 5) is 76.2. The fourth-order valence-corrected chi connectivity index (χ4v) is 10.5. The number of nitrogens with one attached hydrogen (secondary N) is 1. The Morgan fingerprint density at radius 1 is 0.958 bits per heavy atom. The van der Waals surface area contributed by atoms with Crippen LogP contribution in [0.1, 0.15) is 134 Å². The van der Waals surface area contributed by atoms with Crippen molar-refractivity contribution in [2.45, 2.75) is 148 Å². The number of amides is 4. The zero-order chi connectivity index (χ0) is 50.8. The summed E-state index contributed by atoms with van der Waals surface area (Å²) in [5.74, 6) is 4.29. The molecule has 4 amide bonds. The molecule has 0 saturated carbocycles. The van der Waals surface area contributed by atoms with E-state index < -0.39 is 43.4 Å². The maximum Gasteiger partial charge on any atom is 0.419 e. The topological polar surface area (TPSA) is 161 Å². The van der Waals surface area contributed by atoms with Crippen molar-refractivity contribution in [2.75, 3.05) is 32.2 Å². The number of piperidine rings is 1. The van der Waals surface area contributed by atoms with Gasteiger partial charge in [-0.2, -0.15) is 5.10 Å². The number of aromatic nitrogens is 4. The molecule has 2 fully saturated rings. The predicted molar refractivity (Wildman–Crippen MR) is 273 cm³/mol. The van der Waals surface area contributed by atoms with Crippen molar-refractivity contribution >= 4 is 65.4 Å². The summed E-state index contributed by atoms with van der Waals surface area (Å²) in [6, 6.07) is 12.3. The van der Waals surface area contributed by atoms with Crippen molar-refractivity contribution in [3.8, 4) is 11.8 Å². The van der Waals surface area contributed by atoms with E-state index in [1.165, 1.54) is 11.0 Å². The van der Waals surface area contributed by atoms with Crippen molar-refractivity contribution in [1.82, 2.24) is 34.0 Å². The Hall–Kier alpha value is -6.22. The SMILES string of the molecule is Cc1nn(CCCCCCCC#Cc2cc3c(cc2F)C(=O)N(C2CCC(=O)N(COCC[Si](C)(C)C)C2=O)C3)c2cc(C(=O)Nc3cc4c(cn3)cc([C@H]3CCCN3C)n4C(=O)OC(C)(C)C)ccc12. The third kappa shape index (κ3) is 11.8. The molecule has 3 aliphatic rings. The summed E-state index contributed by atoms with van der Waals surface area (Å²) < 4.78 is 30.4. The third-order valence-corrected chi connectivity index (χ3v) is 15.3. The number of likely N-dealkylation sites (tertiary alicyclic amines) is 2. The van der Waals surface area contributed by atoms with Gasteiger partial charge >= 0.3 is 6.09 Å². The standard InChI is InChI=1S/C54H67FN8O7Si/c1-35-40-20-19-37(50(65)57-48-31-45-38(32-56-48)29-47(43-18-16-23-59(43)5)63(45)53(68)70-54(2,3)4)28-46(40)62(58-35)24-15-13-11-9-10-12-14-17-36-27-39-33-60(51(66)41(39)30-42(36)55)44-21-22-49(64)61(52(44)67)34-69-25-26-71(6,7)8/h19-20,27-32,43-44H,9-13,15-16,18,21-26,33-34H2,1-8H3,(H,56,57,65)/t43-,44?/m1/s1. The lowest BCUT2D eigenvalue weighted by Gasteiger charge is -2.35. The normalized spacial score (nSPS) is 17.6. The average Bonchev–Trinajstić information content (AvgIpc) is 4.07. The number of benzene rings is 2. The number of hydrogen-bond donors (Lipinski definition) is 1. The number of hydrogen-bond acceptors (Lipinski definition) is 10. The number of unbranched alkanes of at least 4 members (excludes halogenated alkanes) is 5. The lowest BCUT2D eigenvalue weighted by molar-refractivity contribution is -0.158. The molecule has 376 valence electrons. The fraction of sp³-hybridized carbons (Fsp3) is 0.500. The summed E-state index contributed by atoms with van der Waals surface area (Å²) >= 11 is 0. The molecular formula is C54H67FN8O7Si. The minimum atomic E-state index is -1.35. The van der Waals surface area contributed by atoms with E-state index in [9.17, 15) is 24.0 Å². The van der Waals surface area contributed by atoms with Gasteiger partial charge in [-0.1, -0.05) is 56.8 Å². The molecule has 0 bridgehead atoms. The monoisotopic (exact) mass is 986 g/mol. The molecule has 3 aromatic heterocycles. The number of anilines is 1. The smallest absolute Gasteiger partial charge is 0.419 e. The molecule has 2 atom stereocenters. The highest BCUT2D eigenvalue weighted by Gasteiger charge is 2.43. The summed E-state index contributed by atoms with van der Waals surface area (Å²) in [5.41, 5.74) is 4.03. The van der Waals surface area contributed by atoms with E-state index in [-0.39, 0.29) is 55.1 Å². The predicted octanol–water partition coefficient (Wildman–Crippen LogP) is 9.81. The number of ether oxygens (including phenoxy) is 2. The van der Waals surface area contributed by atoms with Gasteiger partial charge in [-0.05, 0) is 115 Å². The average molecular weight is 987 g/mol. The number of imide groups is 1. The van der Waals surface area contributed by atoms with Gasteiger partial charge in [0.1, 0.15) is 30.0 Å². The first-order valence-corrected chi connectivity index (χ1v) is 28.7. The molecule has 0 aliphatic carbocycles. The zero-order valence-electron chi connectivity index (χ0n) is 42.5. The molecule has 0 spiro atoms. The van der Waals surface area contributed by atoms with Gasteiger partial charge in [0.2, 0.25) is 5.91 Å². The van der Waals surface area contributed by atoms with Gasteiger partial charge in [0.15, 0.2) is 0 Å². The minimum absolute atomic E-state index is 0.0576. The molecule has 2 aromatic carbocycles. The van der Waals surface area contributed by atoms with Gasteiger partial charge in [0.25, 0.3) is 17.7 Å². The highest BCUT2D eigenvalue weighted by molar-refractivity contribution is 6.76. The zero-order valence-corrected chi connectivity index (χ0v) is 43.5. The lowest BCUT2D eigenvalue weighted by Crippen LogP contribution is -2.55. The number of halogens is 1. The van der Waals surface area contributed by atoms with Crippen molar-refractivity contribution < 1.29 is 37.8 Å². The summed E-state index contributed by atoms with van der Waals surface area (Å²) in [6.07, 6.45) is 8.75. The second-order valence-electron chi connectivity index (χ2n) is 21.5. The van der Waals surface area contributed by atoms with Crippen molar-refractivity contribution in [3.05, 3.63) is 88.1 Å². The van der Waals surface area contributed by atoms with Crippen molar-refractivity contribution in [3.63, 3.8) is 0 Å². The molecule has 5 aromatic rings. The molecule has 2 saturated heterocycles. The maximum absolute atomic E-state index is 15.3. The van der Waals surface area contributed by atoms with E-state index in [1.54, 1.807) is 29.0 Å². The molecule has 1 N–H and O–H groups in total. The highest BCUT2D eigenvalue weighted by atomic mass is 28.3. The Labute approximate surface area is 416 Å². The van der Waals surface area contributed by atoms with Crippen LogP contribution in [0.3, 0.4) is 0 Å². The lowest BCUT2D eigenvalue weighted by atomic mass is 10.0. The van der Waals surface area contributed by atoms with E-state index in [2.05, 4.69) is 53.7 Å². The first-order chi connectivity index (χ1) is 33.8. The molecule has 8 rings (SSSR count). The molecule has 6 heterocycles. The van der Waals surface area contributed by atoms with Gasteiger partial charge in [-0.15, -0.1) is 0 Å². The Morgan fingerprint density at radius 3 is 2.48 bits per heavy atom. The molecule has 3 aliphatic heterocycles. The number of pyridine rings is 1. The number of fused-ring (bicyclic) bond motifs is 3. The van der Waals surface area contributed by atoms with Crippen LogP contribution in [0, 0.1) is 24.6 Å². The molecule has 0 radical (unpaired) electrons. The van der Waals surface area contributed by atoms with E-state index in [0.29, 0.717) is 42.0 Å². The van der Waals surface area contributed by atoms with Gasteiger partial charge in [0.05, 0.1) is 28.3 Å². The van der Waals surface area contributed by atoms with Gasteiger partial charge in [0, 0.05) is 80.5 Å². The van der Waals surface area contributed by atoms with Crippen LogP contribution in [-0.2, 0) is 32.2 Å².